The molecule has 1 saturated heterocycles. The molecule has 1 aliphatic rings. The molecule has 1 aliphatic heterocycles. The van der Waals surface area contributed by atoms with Crippen molar-refractivity contribution in [2.75, 3.05) is 31.1 Å². The molecule has 1 amide bonds. The number of nitrogens with zero attached hydrogens (tertiary/aromatic N) is 4. The molecule has 0 radical (unpaired) electrons. The van der Waals surface area contributed by atoms with Crippen molar-refractivity contribution in [3.8, 4) is 0 Å². The molecule has 0 saturated carbocycles. The number of carbonyl (C=O) groups excluding carboxylic acids is 1. The van der Waals surface area contributed by atoms with Gasteiger partial charge in [-0.05, 0) is 31.0 Å². The van der Waals surface area contributed by atoms with E-state index in [0.717, 1.165) is 17.8 Å². The summed E-state index contributed by atoms with van der Waals surface area (Å²) in [5.41, 5.74) is 3.40. The molecule has 0 unspecified atom stereocenters. The number of rotatable bonds is 2. The molecule has 23 heavy (non-hydrogen) atoms. The number of benzene rings is 1. The van der Waals surface area contributed by atoms with Gasteiger partial charge in [0.25, 0.3) is 5.91 Å². The molecule has 1 aromatic carbocycles. The molecule has 1 aromatic heterocycles. The molecular weight excluding hydrogens is 294 g/mol. The summed E-state index contributed by atoms with van der Waals surface area (Å²) in [5, 5.41) is 3.93. The average Bonchev–Trinajstić information content (AvgIpc) is 2.89. The maximum absolute atomic E-state index is 12.4. The summed E-state index contributed by atoms with van der Waals surface area (Å²) in [5.74, 6) is -0.110. The molecule has 0 bridgehead atoms. The summed E-state index contributed by atoms with van der Waals surface area (Å²) in [6.45, 7) is 7.01. The Bertz CT molecular complexity index is 784. The normalized spacial score (nSPS) is 15.1. The first-order valence-electron chi connectivity index (χ1n) is 7.71. The van der Waals surface area contributed by atoms with Gasteiger partial charge in [-0.3, -0.25) is 9.78 Å². The highest BCUT2D eigenvalue weighted by Crippen LogP contribution is 2.24. The van der Waals surface area contributed by atoms with Crippen molar-refractivity contribution in [1.82, 2.24) is 19.7 Å². The fourth-order valence-electron chi connectivity index (χ4n) is 2.88. The molecule has 2 aromatic rings. The molecule has 7 nitrogen and oxygen atoms in total. The second-order valence-electron chi connectivity index (χ2n) is 5.90. The summed E-state index contributed by atoms with van der Waals surface area (Å²) in [7, 11) is 1.52. The van der Waals surface area contributed by atoms with E-state index in [9.17, 15) is 9.59 Å². The van der Waals surface area contributed by atoms with Crippen LogP contribution in [0.4, 0.5) is 5.69 Å². The maximum atomic E-state index is 12.4. The van der Waals surface area contributed by atoms with Crippen LogP contribution in [0.25, 0.3) is 0 Å². The van der Waals surface area contributed by atoms with Crippen molar-refractivity contribution < 1.29 is 4.79 Å². The third-order valence-corrected chi connectivity index (χ3v) is 4.46. The monoisotopic (exact) mass is 315 g/mol. The number of nitrogens with one attached hydrogen (secondary N) is 1. The standard InChI is InChI=1S/C16H21N5O2/c1-11-5-4-6-13(12(11)2)20-7-9-21(10-8-20)15(22)14-17-16(23)19(3)18-14/h4-6H,7-10H2,1-3H3,(H,17,18,23). The molecule has 3 rings (SSSR count). The third kappa shape index (κ3) is 2.86. The summed E-state index contributed by atoms with van der Waals surface area (Å²) >= 11 is 0. The molecule has 0 atom stereocenters. The van der Waals surface area contributed by atoms with Gasteiger partial charge in [-0.25, -0.2) is 9.48 Å². The highest BCUT2D eigenvalue weighted by molar-refractivity contribution is 5.90. The molecule has 0 spiro atoms. The molecule has 2 heterocycles. The lowest BCUT2D eigenvalue weighted by Crippen LogP contribution is -2.49. The van der Waals surface area contributed by atoms with Gasteiger partial charge in [0.15, 0.2) is 0 Å². The predicted octanol–water partition coefficient (Wildman–Crippen LogP) is 0.688. The van der Waals surface area contributed by atoms with Gasteiger partial charge in [-0.2, -0.15) is 0 Å². The molecular formula is C16H21N5O2. The minimum Gasteiger partial charge on any atom is -0.368 e. The number of hydrogen-bond donors (Lipinski definition) is 1. The van der Waals surface area contributed by atoms with Crippen LogP contribution >= 0.6 is 0 Å². The summed E-state index contributed by atoms with van der Waals surface area (Å²) in [6.07, 6.45) is 0. The number of hydrogen-bond acceptors (Lipinski definition) is 4. The number of aryl methyl sites for hydroxylation is 2. The zero-order chi connectivity index (χ0) is 16.6. The first-order valence-corrected chi connectivity index (χ1v) is 7.71. The molecule has 1 fully saturated rings. The van der Waals surface area contributed by atoms with Crippen LogP contribution in [0.15, 0.2) is 23.0 Å². The maximum Gasteiger partial charge on any atom is 0.343 e. The predicted molar refractivity (Wildman–Crippen MR) is 87.9 cm³/mol. The fourth-order valence-corrected chi connectivity index (χ4v) is 2.88. The van der Waals surface area contributed by atoms with Gasteiger partial charge in [0.1, 0.15) is 0 Å². The Kier molecular flexibility index (Phi) is 3.94. The van der Waals surface area contributed by atoms with Crippen molar-refractivity contribution in [3.05, 3.63) is 45.6 Å². The topological polar surface area (TPSA) is 74.2 Å². The van der Waals surface area contributed by atoms with E-state index in [-0.39, 0.29) is 17.4 Å². The number of amides is 1. The second-order valence-corrected chi connectivity index (χ2v) is 5.90. The lowest BCUT2D eigenvalue weighted by Gasteiger charge is -2.36. The van der Waals surface area contributed by atoms with E-state index in [4.69, 9.17) is 0 Å². The van der Waals surface area contributed by atoms with Crippen LogP contribution in [0.1, 0.15) is 21.7 Å². The second kappa shape index (κ2) is 5.91. The van der Waals surface area contributed by atoms with Gasteiger partial charge < -0.3 is 9.80 Å². The van der Waals surface area contributed by atoms with E-state index in [1.165, 1.54) is 23.9 Å². The largest absolute Gasteiger partial charge is 0.368 e. The number of H-pyrrole nitrogens is 1. The Morgan fingerprint density at radius 3 is 2.48 bits per heavy atom. The first-order chi connectivity index (χ1) is 11.0. The zero-order valence-electron chi connectivity index (χ0n) is 13.7. The first kappa shape index (κ1) is 15.3. The van der Waals surface area contributed by atoms with Gasteiger partial charge in [0.2, 0.25) is 5.82 Å². The quantitative estimate of drug-likeness (QED) is 0.885. The van der Waals surface area contributed by atoms with Crippen LogP contribution in [0, 0.1) is 13.8 Å². The van der Waals surface area contributed by atoms with Crippen molar-refractivity contribution in [2.24, 2.45) is 7.05 Å². The number of carbonyl (C=O) groups is 1. The number of anilines is 1. The highest BCUT2D eigenvalue weighted by Gasteiger charge is 2.25. The Morgan fingerprint density at radius 1 is 1.17 bits per heavy atom. The Balaban J connectivity index is 1.70. The van der Waals surface area contributed by atoms with E-state index in [1.807, 2.05) is 0 Å². The lowest BCUT2D eigenvalue weighted by atomic mass is 10.1. The van der Waals surface area contributed by atoms with Crippen molar-refractivity contribution >= 4 is 11.6 Å². The summed E-state index contributed by atoms with van der Waals surface area (Å²) in [6, 6.07) is 6.29. The minimum atomic E-state index is -0.373. The summed E-state index contributed by atoms with van der Waals surface area (Å²) < 4.78 is 1.14. The van der Waals surface area contributed by atoms with Crippen LogP contribution in [-0.2, 0) is 7.05 Å². The zero-order valence-corrected chi connectivity index (χ0v) is 13.7. The number of aromatic amines is 1. The smallest absolute Gasteiger partial charge is 0.343 e. The van der Waals surface area contributed by atoms with Crippen LogP contribution in [-0.4, -0.2) is 51.8 Å². The average molecular weight is 315 g/mol. The van der Waals surface area contributed by atoms with E-state index in [2.05, 4.69) is 47.0 Å². The molecule has 1 N–H and O–H groups in total. The van der Waals surface area contributed by atoms with Crippen LogP contribution in [0.5, 0.6) is 0 Å². The SMILES string of the molecule is Cc1cccc(N2CCN(C(=O)c3nn(C)c(=O)[nH]3)CC2)c1C. The third-order valence-electron chi connectivity index (χ3n) is 4.46. The Labute approximate surface area is 134 Å². The van der Waals surface area contributed by atoms with Gasteiger partial charge in [-0.1, -0.05) is 12.1 Å². The van der Waals surface area contributed by atoms with E-state index < -0.39 is 0 Å². The van der Waals surface area contributed by atoms with E-state index in [0.29, 0.717) is 13.1 Å². The lowest BCUT2D eigenvalue weighted by molar-refractivity contribution is 0.0734. The Morgan fingerprint density at radius 2 is 1.87 bits per heavy atom. The van der Waals surface area contributed by atoms with Gasteiger partial charge in [-0.15, -0.1) is 5.10 Å². The van der Waals surface area contributed by atoms with Crippen molar-refractivity contribution in [3.63, 3.8) is 0 Å². The van der Waals surface area contributed by atoms with E-state index >= 15 is 0 Å². The minimum absolute atomic E-state index is 0.109. The number of piperazine rings is 1. The van der Waals surface area contributed by atoms with Crippen LogP contribution in [0.3, 0.4) is 0 Å². The van der Waals surface area contributed by atoms with Gasteiger partial charge in [0.05, 0.1) is 0 Å². The molecule has 0 aliphatic carbocycles. The van der Waals surface area contributed by atoms with Gasteiger partial charge in [0, 0.05) is 38.9 Å². The van der Waals surface area contributed by atoms with E-state index in [1.54, 1.807) is 4.90 Å². The Hall–Kier alpha value is -2.57. The van der Waals surface area contributed by atoms with Crippen LogP contribution in [0.2, 0.25) is 0 Å². The number of aromatic nitrogens is 3. The summed E-state index contributed by atoms with van der Waals surface area (Å²) in [4.78, 5) is 30.3. The molecule has 7 heteroatoms. The van der Waals surface area contributed by atoms with Crippen molar-refractivity contribution in [1.29, 1.82) is 0 Å². The van der Waals surface area contributed by atoms with Gasteiger partial charge >= 0.3 is 5.69 Å². The van der Waals surface area contributed by atoms with Crippen LogP contribution < -0.4 is 10.6 Å². The highest BCUT2D eigenvalue weighted by atomic mass is 16.2. The fraction of sp³-hybridized carbons (Fsp3) is 0.438. The molecule has 122 valence electrons. The van der Waals surface area contributed by atoms with Crippen molar-refractivity contribution in [2.45, 2.75) is 13.8 Å².